The van der Waals surface area contributed by atoms with Crippen molar-refractivity contribution in [1.29, 1.82) is 0 Å². The number of nitrogens with zero attached hydrogens (tertiary/aromatic N) is 2. The largest absolute Gasteiger partial charge is 0.495 e. The molecule has 1 aliphatic rings. The van der Waals surface area contributed by atoms with E-state index in [1.165, 1.54) is 19.2 Å². The van der Waals surface area contributed by atoms with E-state index in [1.54, 1.807) is 6.20 Å². The Kier molecular flexibility index (Phi) is 5.05. The molecule has 2 heterocycles. The van der Waals surface area contributed by atoms with Gasteiger partial charge in [-0.25, -0.2) is 18.1 Å². The van der Waals surface area contributed by atoms with Gasteiger partial charge < -0.3 is 9.30 Å². The summed E-state index contributed by atoms with van der Waals surface area (Å²) in [7, 11) is -2.31. The molecule has 0 radical (unpaired) electrons. The number of methoxy groups -OCH3 is 1. The SMILES string of the molecule is COc1ccc(S(=O)(=O)NC[C@H]2CCn3ccnc3C2)c(Cl)c1Cl. The third kappa shape index (κ3) is 3.39. The van der Waals surface area contributed by atoms with E-state index in [-0.39, 0.29) is 20.9 Å². The summed E-state index contributed by atoms with van der Waals surface area (Å²) in [6.07, 6.45) is 5.34. The molecule has 9 heteroatoms. The Hall–Kier alpha value is -1.28. The zero-order valence-corrected chi connectivity index (χ0v) is 15.3. The molecule has 0 bridgehead atoms. The van der Waals surface area contributed by atoms with E-state index < -0.39 is 10.0 Å². The van der Waals surface area contributed by atoms with Gasteiger partial charge in [0.2, 0.25) is 10.0 Å². The highest BCUT2D eigenvalue weighted by molar-refractivity contribution is 7.89. The molecule has 1 aromatic heterocycles. The number of nitrogens with one attached hydrogen (secondary N) is 1. The quantitative estimate of drug-likeness (QED) is 0.852. The van der Waals surface area contributed by atoms with Crippen LogP contribution in [0.2, 0.25) is 10.0 Å². The van der Waals surface area contributed by atoms with Crippen LogP contribution in [0, 0.1) is 5.92 Å². The van der Waals surface area contributed by atoms with Crippen molar-refractivity contribution >= 4 is 33.2 Å². The minimum absolute atomic E-state index is 0.0392. The standard InChI is InChI=1S/C15H17Cl2N3O3S/c1-23-11-2-3-12(15(17)14(11)16)24(21,22)19-9-10-4-6-20-7-5-18-13(20)8-10/h2-3,5,7,10,19H,4,6,8-9H2,1H3/t10-/m0/s1. The summed E-state index contributed by atoms with van der Waals surface area (Å²) in [5, 5.41) is 0.0458. The molecule has 2 aromatic rings. The third-order valence-corrected chi connectivity index (χ3v) is 6.58. The Morgan fingerprint density at radius 2 is 2.17 bits per heavy atom. The number of fused-ring (bicyclic) bond motifs is 1. The van der Waals surface area contributed by atoms with Crippen LogP contribution in [0.25, 0.3) is 0 Å². The maximum Gasteiger partial charge on any atom is 0.242 e. The normalized spacial score (nSPS) is 17.5. The van der Waals surface area contributed by atoms with Gasteiger partial charge in [0.25, 0.3) is 0 Å². The average Bonchev–Trinajstić information content (AvgIpc) is 3.03. The maximum absolute atomic E-state index is 12.5. The van der Waals surface area contributed by atoms with Gasteiger partial charge in [-0.1, -0.05) is 23.2 Å². The lowest BCUT2D eigenvalue weighted by molar-refractivity contribution is 0.379. The number of ether oxygens (including phenoxy) is 1. The number of aromatic nitrogens is 2. The van der Waals surface area contributed by atoms with Crippen molar-refractivity contribution in [3.05, 3.63) is 40.4 Å². The molecule has 0 spiro atoms. The van der Waals surface area contributed by atoms with Crippen LogP contribution in [-0.2, 0) is 23.0 Å². The fraction of sp³-hybridized carbons (Fsp3) is 0.400. The van der Waals surface area contributed by atoms with Crippen LogP contribution in [-0.4, -0.2) is 31.6 Å². The average molecular weight is 390 g/mol. The van der Waals surface area contributed by atoms with E-state index in [1.807, 2.05) is 6.20 Å². The van der Waals surface area contributed by atoms with Gasteiger partial charge in [0.05, 0.1) is 12.1 Å². The first-order chi connectivity index (χ1) is 11.4. The van der Waals surface area contributed by atoms with Crippen LogP contribution in [0.3, 0.4) is 0 Å². The van der Waals surface area contributed by atoms with Gasteiger partial charge in [-0.15, -0.1) is 0 Å². The molecule has 1 aromatic carbocycles. The lowest BCUT2D eigenvalue weighted by Gasteiger charge is -2.23. The number of hydrogen-bond donors (Lipinski definition) is 1. The Labute approximate surface area is 150 Å². The van der Waals surface area contributed by atoms with Crippen LogP contribution >= 0.6 is 23.2 Å². The van der Waals surface area contributed by atoms with Crippen molar-refractivity contribution in [1.82, 2.24) is 14.3 Å². The fourth-order valence-electron chi connectivity index (χ4n) is 2.77. The highest BCUT2D eigenvalue weighted by Gasteiger charge is 2.25. The van der Waals surface area contributed by atoms with Gasteiger partial charge in [-0.3, -0.25) is 0 Å². The third-order valence-electron chi connectivity index (χ3n) is 4.13. The molecule has 6 nitrogen and oxygen atoms in total. The predicted molar refractivity (Wildman–Crippen MR) is 92.2 cm³/mol. The summed E-state index contributed by atoms with van der Waals surface area (Å²) < 4.78 is 34.8. The monoisotopic (exact) mass is 389 g/mol. The molecule has 0 aliphatic carbocycles. The number of imidazole rings is 1. The fourth-order valence-corrected chi connectivity index (χ4v) is 4.73. The molecule has 0 fully saturated rings. The van der Waals surface area contributed by atoms with Crippen molar-refractivity contribution < 1.29 is 13.2 Å². The first-order valence-electron chi connectivity index (χ1n) is 7.44. The maximum atomic E-state index is 12.5. The Balaban J connectivity index is 1.72. The highest BCUT2D eigenvalue weighted by Crippen LogP contribution is 2.36. The number of rotatable bonds is 5. The molecule has 0 unspecified atom stereocenters. The minimum Gasteiger partial charge on any atom is -0.495 e. The number of aryl methyl sites for hydroxylation is 1. The lowest BCUT2D eigenvalue weighted by atomic mass is 9.98. The van der Waals surface area contributed by atoms with Crippen LogP contribution in [0.1, 0.15) is 12.2 Å². The molecule has 0 saturated carbocycles. The molecule has 1 atom stereocenters. The van der Waals surface area contributed by atoms with Gasteiger partial charge in [-0.2, -0.15) is 0 Å². The summed E-state index contributed by atoms with van der Waals surface area (Å²) in [5.41, 5.74) is 0. The minimum atomic E-state index is -3.75. The smallest absolute Gasteiger partial charge is 0.242 e. The van der Waals surface area contributed by atoms with Crippen molar-refractivity contribution in [2.24, 2.45) is 5.92 Å². The predicted octanol–water partition coefficient (Wildman–Crippen LogP) is 2.74. The summed E-state index contributed by atoms with van der Waals surface area (Å²) in [6, 6.07) is 2.88. The Morgan fingerprint density at radius 3 is 2.92 bits per heavy atom. The van der Waals surface area contributed by atoms with Gasteiger partial charge in [-0.05, 0) is 24.5 Å². The van der Waals surface area contributed by atoms with Crippen LogP contribution in [0.4, 0.5) is 0 Å². The zero-order valence-electron chi connectivity index (χ0n) is 13.0. The Morgan fingerprint density at radius 1 is 1.38 bits per heavy atom. The van der Waals surface area contributed by atoms with E-state index in [9.17, 15) is 8.42 Å². The molecule has 0 amide bonds. The molecule has 1 aliphatic heterocycles. The van der Waals surface area contributed by atoms with Crippen LogP contribution in [0.15, 0.2) is 29.4 Å². The molecule has 3 rings (SSSR count). The number of benzene rings is 1. The Bertz CT molecular complexity index is 852. The van der Waals surface area contributed by atoms with Crippen molar-refractivity contribution in [3.8, 4) is 5.75 Å². The van der Waals surface area contributed by atoms with Crippen LogP contribution < -0.4 is 9.46 Å². The van der Waals surface area contributed by atoms with Crippen molar-refractivity contribution in [3.63, 3.8) is 0 Å². The lowest BCUT2D eigenvalue weighted by Crippen LogP contribution is -2.33. The van der Waals surface area contributed by atoms with Gasteiger partial charge in [0.15, 0.2) is 0 Å². The van der Waals surface area contributed by atoms with Crippen LogP contribution in [0.5, 0.6) is 5.75 Å². The van der Waals surface area contributed by atoms with E-state index >= 15 is 0 Å². The number of halogens is 2. The van der Waals surface area contributed by atoms with Gasteiger partial charge in [0, 0.05) is 31.9 Å². The summed E-state index contributed by atoms with van der Waals surface area (Å²) in [6.45, 7) is 1.17. The van der Waals surface area contributed by atoms with Gasteiger partial charge in [0.1, 0.15) is 21.5 Å². The number of sulfonamides is 1. The summed E-state index contributed by atoms with van der Waals surface area (Å²) >= 11 is 12.1. The number of hydrogen-bond acceptors (Lipinski definition) is 4. The summed E-state index contributed by atoms with van der Waals surface area (Å²) in [4.78, 5) is 4.24. The molecule has 24 heavy (non-hydrogen) atoms. The molecule has 130 valence electrons. The van der Waals surface area contributed by atoms with Crippen molar-refractivity contribution in [2.45, 2.75) is 24.3 Å². The van der Waals surface area contributed by atoms with E-state index in [4.69, 9.17) is 27.9 Å². The second-order valence-corrected chi connectivity index (χ2v) is 8.13. The van der Waals surface area contributed by atoms with E-state index in [0.29, 0.717) is 12.3 Å². The second-order valence-electron chi connectivity index (χ2n) is 5.64. The van der Waals surface area contributed by atoms with E-state index in [0.717, 1.165) is 25.2 Å². The second kappa shape index (κ2) is 6.92. The molecule has 0 saturated heterocycles. The summed E-state index contributed by atoms with van der Waals surface area (Å²) in [5.74, 6) is 1.51. The first-order valence-corrected chi connectivity index (χ1v) is 9.68. The molecular formula is C15H17Cl2N3O3S. The highest BCUT2D eigenvalue weighted by atomic mass is 35.5. The first kappa shape index (κ1) is 17.5. The zero-order chi connectivity index (χ0) is 17.3. The molecule has 1 N–H and O–H groups in total. The topological polar surface area (TPSA) is 73.2 Å². The van der Waals surface area contributed by atoms with Crippen molar-refractivity contribution in [2.75, 3.05) is 13.7 Å². The van der Waals surface area contributed by atoms with E-state index in [2.05, 4.69) is 14.3 Å². The molecular weight excluding hydrogens is 373 g/mol. The van der Waals surface area contributed by atoms with Gasteiger partial charge >= 0.3 is 0 Å².